The average Bonchev–Trinajstić information content (AvgIpc) is 3.32. The number of nitrogens with one attached hydrogen (secondary N) is 2. The number of hydrogen-bond donors (Lipinski definition) is 3. The van der Waals surface area contributed by atoms with Crippen LogP contribution in [0.15, 0.2) is 22.6 Å². The van der Waals surface area contributed by atoms with Gasteiger partial charge >= 0.3 is 6.03 Å². The van der Waals surface area contributed by atoms with E-state index in [1.807, 2.05) is 19.9 Å². The number of fused-ring (bicyclic) bond motifs is 1. The average molecular weight is 331 g/mol. The van der Waals surface area contributed by atoms with E-state index in [-0.39, 0.29) is 18.5 Å². The Labute approximate surface area is 141 Å². The van der Waals surface area contributed by atoms with Gasteiger partial charge in [0.05, 0.1) is 5.60 Å². The Hall–Kier alpha value is -2.08. The van der Waals surface area contributed by atoms with Crippen molar-refractivity contribution in [2.45, 2.75) is 51.6 Å². The third-order valence-electron chi connectivity index (χ3n) is 4.87. The van der Waals surface area contributed by atoms with Gasteiger partial charge in [-0.05, 0) is 37.8 Å². The Morgan fingerprint density at radius 1 is 1.50 bits per heavy atom. The number of aliphatic hydroxyl groups is 1. The van der Waals surface area contributed by atoms with E-state index in [1.54, 1.807) is 19.1 Å². The molecule has 1 aliphatic rings. The highest BCUT2D eigenvalue weighted by Crippen LogP contribution is 2.40. The number of aromatic nitrogens is 1. The molecule has 130 valence electrons. The first kappa shape index (κ1) is 16.8. The fraction of sp³-hybridized carbons (Fsp3) is 0.556. The fourth-order valence-electron chi connectivity index (χ4n) is 2.57. The molecule has 0 saturated heterocycles. The van der Waals surface area contributed by atoms with Gasteiger partial charge in [0.2, 0.25) is 0 Å². The van der Waals surface area contributed by atoms with Gasteiger partial charge in [-0.3, -0.25) is 0 Å². The molecule has 0 radical (unpaired) electrons. The second-order valence-electron chi connectivity index (χ2n) is 6.98. The van der Waals surface area contributed by atoms with Crippen molar-refractivity contribution in [3.63, 3.8) is 0 Å². The fourth-order valence-corrected chi connectivity index (χ4v) is 2.57. The SMILES string of the molecule is CCC(C)C(C)(O)CNC(=O)Nc1ccc2nc(C3CC3)oc2c1. The highest BCUT2D eigenvalue weighted by Gasteiger charge is 2.29. The highest BCUT2D eigenvalue weighted by molar-refractivity contribution is 5.91. The first-order valence-electron chi connectivity index (χ1n) is 8.56. The molecule has 3 N–H and O–H groups in total. The Balaban J connectivity index is 1.60. The van der Waals surface area contributed by atoms with Crippen LogP contribution in [0.4, 0.5) is 10.5 Å². The maximum Gasteiger partial charge on any atom is 0.319 e. The van der Waals surface area contributed by atoms with Crippen LogP contribution in [0.2, 0.25) is 0 Å². The van der Waals surface area contributed by atoms with Crippen LogP contribution in [0.25, 0.3) is 11.1 Å². The van der Waals surface area contributed by atoms with Crippen molar-refractivity contribution in [1.82, 2.24) is 10.3 Å². The van der Waals surface area contributed by atoms with Crippen molar-refractivity contribution >= 4 is 22.8 Å². The molecule has 6 heteroatoms. The van der Waals surface area contributed by atoms with E-state index in [1.165, 1.54) is 0 Å². The molecular formula is C18H25N3O3. The highest BCUT2D eigenvalue weighted by atomic mass is 16.3. The standard InChI is InChI=1S/C18H25N3O3/c1-4-11(2)18(3,23)10-19-17(22)20-13-7-8-14-15(9-13)24-16(21-14)12-5-6-12/h7-9,11-12,23H,4-6,10H2,1-3H3,(H2,19,20,22). The van der Waals surface area contributed by atoms with Crippen molar-refractivity contribution in [2.24, 2.45) is 5.92 Å². The van der Waals surface area contributed by atoms with E-state index in [0.29, 0.717) is 17.2 Å². The summed E-state index contributed by atoms with van der Waals surface area (Å²) < 4.78 is 5.75. The second-order valence-corrected chi connectivity index (χ2v) is 6.98. The molecule has 0 aliphatic heterocycles. The van der Waals surface area contributed by atoms with Crippen molar-refractivity contribution in [2.75, 3.05) is 11.9 Å². The first-order valence-corrected chi connectivity index (χ1v) is 8.56. The van der Waals surface area contributed by atoms with Gasteiger partial charge in [-0.15, -0.1) is 0 Å². The summed E-state index contributed by atoms with van der Waals surface area (Å²) in [6.07, 6.45) is 3.12. The predicted octanol–water partition coefficient (Wildman–Crippen LogP) is 3.62. The van der Waals surface area contributed by atoms with E-state index >= 15 is 0 Å². The van der Waals surface area contributed by atoms with Crippen LogP contribution >= 0.6 is 0 Å². The van der Waals surface area contributed by atoms with Gasteiger partial charge in [-0.25, -0.2) is 9.78 Å². The molecule has 2 unspecified atom stereocenters. The van der Waals surface area contributed by atoms with Crippen molar-refractivity contribution < 1.29 is 14.3 Å². The Bertz CT molecular complexity index is 734. The third-order valence-corrected chi connectivity index (χ3v) is 4.87. The van der Waals surface area contributed by atoms with Gasteiger partial charge in [-0.2, -0.15) is 0 Å². The number of oxazole rings is 1. The third kappa shape index (κ3) is 3.70. The normalized spacial score (nSPS) is 18.2. The summed E-state index contributed by atoms with van der Waals surface area (Å²) in [4.78, 5) is 16.5. The zero-order valence-corrected chi connectivity index (χ0v) is 14.4. The van der Waals surface area contributed by atoms with E-state index in [2.05, 4.69) is 15.6 Å². The summed E-state index contributed by atoms with van der Waals surface area (Å²) in [7, 11) is 0. The summed E-state index contributed by atoms with van der Waals surface area (Å²) in [5.41, 5.74) is 1.20. The number of nitrogens with zero attached hydrogens (tertiary/aromatic N) is 1. The Morgan fingerprint density at radius 3 is 2.92 bits per heavy atom. The van der Waals surface area contributed by atoms with Crippen molar-refractivity contribution in [3.8, 4) is 0 Å². The number of carbonyl (C=O) groups is 1. The molecular weight excluding hydrogens is 306 g/mol. The van der Waals surface area contributed by atoms with Crippen molar-refractivity contribution in [1.29, 1.82) is 0 Å². The number of anilines is 1. The molecule has 6 nitrogen and oxygen atoms in total. The van der Waals surface area contributed by atoms with Crippen LogP contribution < -0.4 is 10.6 Å². The lowest BCUT2D eigenvalue weighted by Crippen LogP contribution is -2.46. The summed E-state index contributed by atoms with van der Waals surface area (Å²) >= 11 is 0. The van der Waals surface area contributed by atoms with Crippen LogP contribution in [0.1, 0.15) is 51.8 Å². The van der Waals surface area contributed by atoms with Crippen LogP contribution in [0, 0.1) is 5.92 Å². The summed E-state index contributed by atoms with van der Waals surface area (Å²) in [5.74, 6) is 1.35. The molecule has 1 aromatic carbocycles. The first-order chi connectivity index (χ1) is 11.4. The van der Waals surface area contributed by atoms with Gasteiger partial charge in [0.15, 0.2) is 11.5 Å². The molecule has 1 saturated carbocycles. The Morgan fingerprint density at radius 2 is 2.25 bits per heavy atom. The number of carbonyl (C=O) groups excluding carboxylic acids is 1. The number of rotatable bonds is 6. The van der Waals surface area contributed by atoms with Gasteiger partial charge < -0.3 is 20.2 Å². The quantitative estimate of drug-likeness (QED) is 0.754. The van der Waals surface area contributed by atoms with Gasteiger partial charge in [-0.1, -0.05) is 20.3 Å². The summed E-state index contributed by atoms with van der Waals surface area (Å²) in [6.45, 7) is 5.92. The molecule has 2 aromatic rings. The minimum atomic E-state index is -0.930. The molecule has 1 heterocycles. The van der Waals surface area contributed by atoms with Crippen LogP contribution in [-0.2, 0) is 0 Å². The van der Waals surface area contributed by atoms with E-state index < -0.39 is 5.60 Å². The maximum absolute atomic E-state index is 12.1. The van der Waals surface area contributed by atoms with Gasteiger partial charge in [0.1, 0.15) is 5.52 Å². The Kier molecular flexibility index (Phi) is 4.49. The minimum absolute atomic E-state index is 0.101. The topological polar surface area (TPSA) is 87.4 Å². The summed E-state index contributed by atoms with van der Waals surface area (Å²) in [5, 5.41) is 15.8. The van der Waals surface area contributed by atoms with Crippen LogP contribution in [0.5, 0.6) is 0 Å². The lowest BCUT2D eigenvalue weighted by atomic mass is 9.89. The monoisotopic (exact) mass is 331 g/mol. The number of urea groups is 1. The molecule has 0 spiro atoms. The molecule has 1 aromatic heterocycles. The minimum Gasteiger partial charge on any atom is -0.440 e. The number of amides is 2. The van der Waals surface area contributed by atoms with E-state index in [4.69, 9.17) is 4.42 Å². The number of hydrogen-bond acceptors (Lipinski definition) is 4. The molecule has 3 rings (SSSR count). The lowest BCUT2D eigenvalue weighted by Gasteiger charge is -2.29. The lowest BCUT2D eigenvalue weighted by molar-refractivity contribution is 0.00827. The van der Waals surface area contributed by atoms with Gasteiger partial charge in [0, 0.05) is 24.2 Å². The van der Waals surface area contributed by atoms with Gasteiger partial charge in [0.25, 0.3) is 0 Å². The molecule has 0 bridgehead atoms. The zero-order valence-electron chi connectivity index (χ0n) is 14.4. The molecule has 1 aliphatic carbocycles. The van der Waals surface area contributed by atoms with Crippen LogP contribution in [-0.4, -0.2) is 28.3 Å². The molecule has 2 atom stereocenters. The molecule has 1 fully saturated rings. The second kappa shape index (κ2) is 6.43. The van der Waals surface area contributed by atoms with E-state index in [9.17, 15) is 9.90 Å². The van der Waals surface area contributed by atoms with E-state index in [0.717, 1.165) is 30.7 Å². The van der Waals surface area contributed by atoms with Crippen molar-refractivity contribution in [3.05, 3.63) is 24.1 Å². The molecule has 2 amide bonds. The predicted molar refractivity (Wildman–Crippen MR) is 93.1 cm³/mol. The summed E-state index contributed by atoms with van der Waals surface area (Å²) in [6, 6.07) is 5.07. The number of benzene rings is 1. The zero-order chi connectivity index (χ0) is 17.3. The largest absolute Gasteiger partial charge is 0.440 e. The maximum atomic E-state index is 12.1. The van der Waals surface area contributed by atoms with Crippen LogP contribution in [0.3, 0.4) is 0 Å². The smallest absolute Gasteiger partial charge is 0.319 e. The molecule has 24 heavy (non-hydrogen) atoms.